The van der Waals surface area contributed by atoms with Crippen molar-refractivity contribution in [3.63, 3.8) is 0 Å². The molecule has 1 spiro atoms. The van der Waals surface area contributed by atoms with Gasteiger partial charge in [-0.1, -0.05) is 18.2 Å². The molecule has 5 rings (SSSR count). The van der Waals surface area contributed by atoms with E-state index in [0.717, 1.165) is 17.7 Å². The Morgan fingerprint density at radius 3 is 2.58 bits per heavy atom. The maximum Gasteiger partial charge on any atom is 0.263 e. The number of likely N-dealkylation sites (tertiary alicyclic amines) is 1. The van der Waals surface area contributed by atoms with E-state index in [4.69, 9.17) is 9.47 Å². The van der Waals surface area contributed by atoms with Crippen molar-refractivity contribution < 1.29 is 14.3 Å². The van der Waals surface area contributed by atoms with Crippen LogP contribution >= 0.6 is 22.7 Å². The molecule has 0 atom stereocenters. The zero-order chi connectivity index (χ0) is 16.1. The smallest absolute Gasteiger partial charge is 0.263 e. The highest BCUT2D eigenvalue weighted by Gasteiger charge is 2.41. The van der Waals surface area contributed by atoms with E-state index in [0.29, 0.717) is 26.3 Å². The molecule has 4 heterocycles. The van der Waals surface area contributed by atoms with Gasteiger partial charge in [0.05, 0.1) is 22.8 Å². The van der Waals surface area contributed by atoms with E-state index < -0.39 is 5.79 Å². The minimum atomic E-state index is -0.428. The first kappa shape index (κ1) is 14.8. The minimum absolute atomic E-state index is 0.139. The third-order valence-electron chi connectivity index (χ3n) is 4.89. The molecule has 4 nitrogen and oxygen atoms in total. The van der Waals surface area contributed by atoms with Crippen LogP contribution in [0.2, 0.25) is 0 Å². The van der Waals surface area contributed by atoms with Crippen molar-refractivity contribution in [2.24, 2.45) is 0 Å². The van der Waals surface area contributed by atoms with Gasteiger partial charge in [0.2, 0.25) is 0 Å². The zero-order valence-electron chi connectivity index (χ0n) is 13.1. The second kappa shape index (κ2) is 5.52. The van der Waals surface area contributed by atoms with Crippen LogP contribution in [-0.2, 0) is 9.47 Å². The van der Waals surface area contributed by atoms with Crippen molar-refractivity contribution in [2.45, 2.75) is 18.6 Å². The molecule has 2 aliphatic heterocycles. The van der Waals surface area contributed by atoms with Gasteiger partial charge in [0, 0.05) is 40.7 Å². The molecule has 24 heavy (non-hydrogen) atoms. The average Bonchev–Trinajstić information content (AvgIpc) is 3.30. The Kier molecular flexibility index (Phi) is 3.42. The van der Waals surface area contributed by atoms with E-state index in [2.05, 4.69) is 30.3 Å². The van der Waals surface area contributed by atoms with E-state index in [1.807, 2.05) is 4.90 Å². The van der Waals surface area contributed by atoms with Gasteiger partial charge in [-0.25, -0.2) is 0 Å². The van der Waals surface area contributed by atoms with Crippen LogP contribution in [0.3, 0.4) is 0 Å². The Hall–Kier alpha value is -1.47. The molecule has 1 amide bonds. The first-order valence-electron chi connectivity index (χ1n) is 8.22. The van der Waals surface area contributed by atoms with E-state index in [1.54, 1.807) is 22.7 Å². The fraction of sp³-hybridized carbons (Fsp3) is 0.389. The predicted molar refractivity (Wildman–Crippen MR) is 97.0 cm³/mol. The van der Waals surface area contributed by atoms with E-state index in [9.17, 15) is 4.79 Å². The summed E-state index contributed by atoms with van der Waals surface area (Å²) in [6, 6.07) is 10.4. The molecule has 0 bridgehead atoms. The van der Waals surface area contributed by atoms with Crippen LogP contribution in [0.4, 0.5) is 0 Å². The average molecular weight is 359 g/mol. The molecule has 124 valence electrons. The summed E-state index contributed by atoms with van der Waals surface area (Å²) in [5.41, 5.74) is 0. The molecule has 3 aromatic rings. The number of amides is 1. The van der Waals surface area contributed by atoms with Gasteiger partial charge in [-0.3, -0.25) is 4.79 Å². The van der Waals surface area contributed by atoms with Gasteiger partial charge in [0.25, 0.3) is 5.91 Å². The number of benzene rings is 1. The Balaban J connectivity index is 1.40. The summed E-state index contributed by atoms with van der Waals surface area (Å²) < 4.78 is 15.2. The Labute approximate surface area is 147 Å². The molecular formula is C18H17NO3S2. The molecule has 2 aliphatic rings. The van der Waals surface area contributed by atoms with Crippen molar-refractivity contribution in [1.82, 2.24) is 4.90 Å². The van der Waals surface area contributed by atoms with Gasteiger partial charge in [-0.2, -0.15) is 0 Å². The molecule has 2 aromatic heterocycles. The standard InChI is InChI=1S/C18H17NO3S2/c20-17(19-7-5-18(6-8-19)21-9-10-22-18)15-11-14-16(24-15)12-3-1-2-4-13(12)23-14/h1-4,11H,5-10H2. The predicted octanol–water partition coefficient (Wildman–Crippen LogP) is 4.10. The van der Waals surface area contributed by atoms with Gasteiger partial charge >= 0.3 is 0 Å². The van der Waals surface area contributed by atoms with E-state index in [1.165, 1.54) is 19.5 Å². The first-order chi connectivity index (χ1) is 11.7. The quantitative estimate of drug-likeness (QED) is 0.657. The number of hydrogen-bond acceptors (Lipinski definition) is 5. The largest absolute Gasteiger partial charge is 0.347 e. The number of hydrogen-bond donors (Lipinski definition) is 0. The molecule has 0 radical (unpaired) electrons. The molecule has 2 saturated heterocycles. The fourth-order valence-electron chi connectivity index (χ4n) is 3.60. The van der Waals surface area contributed by atoms with Crippen LogP contribution in [0.25, 0.3) is 19.5 Å². The van der Waals surface area contributed by atoms with Crippen LogP contribution in [0.5, 0.6) is 0 Å². The van der Waals surface area contributed by atoms with Crippen molar-refractivity contribution in [3.8, 4) is 0 Å². The molecule has 6 heteroatoms. The van der Waals surface area contributed by atoms with E-state index >= 15 is 0 Å². The van der Waals surface area contributed by atoms with Crippen molar-refractivity contribution >= 4 is 48.1 Å². The van der Waals surface area contributed by atoms with Crippen LogP contribution in [0, 0.1) is 0 Å². The number of ether oxygens (including phenoxy) is 2. The van der Waals surface area contributed by atoms with Crippen LogP contribution in [-0.4, -0.2) is 42.9 Å². The summed E-state index contributed by atoms with van der Waals surface area (Å²) in [7, 11) is 0. The summed E-state index contributed by atoms with van der Waals surface area (Å²) in [4.78, 5) is 15.6. The van der Waals surface area contributed by atoms with Crippen LogP contribution < -0.4 is 0 Å². The number of fused-ring (bicyclic) bond motifs is 3. The third-order valence-corrected chi connectivity index (χ3v) is 7.29. The third kappa shape index (κ3) is 2.29. The lowest BCUT2D eigenvalue weighted by Crippen LogP contribution is -2.47. The molecule has 0 unspecified atom stereocenters. The van der Waals surface area contributed by atoms with Gasteiger partial charge in [-0.05, 0) is 12.1 Å². The highest BCUT2D eigenvalue weighted by atomic mass is 32.1. The molecule has 2 fully saturated rings. The lowest BCUT2D eigenvalue weighted by Gasteiger charge is -2.37. The highest BCUT2D eigenvalue weighted by molar-refractivity contribution is 7.33. The topological polar surface area (TPSA) is 38.8 Å². The van der Waals surface area contributed by atoms with Gasteiger partial charge in [-0.15, -0.1) is 22.7 Å². The molecule has 0 N–H and O–H groups in total. The summed E-state index contributed by atoms with van der Waals surface area (Å²) in [5.74, 6) is -0.289. The molecule has 1 aromatic carbocycles. The monoisotopic (exact) mass is 359 g/mol. The summed E-state index contributed by atoms with van der Waals surface area (Å²) in [6.07, 6.45) is 1.53. The first-order valence-corrected chi connectivity index (χ1v) is 9.86. The number of carbonyl (C=O) groups is 1. The lowest BCUT2D eigenvalue weighted by molar-refractivity contribution is -0.181. The molecular weight excluding hydrogens is 342 g/mol. The molecule has 0 aliphatic carbocycles. The van der Waals surface area contributed by atoms with Crippen LogP contribution in [0.1, 0.15) is 22.5 Å². The minimum Gasteiger partial charge on any atom is -0.347 e. The van der Waals surface area contributed by atoms with E-state index in [-0.39, 0.29) is 5.91 Å². The second-order valence-electron chi connectivity index (χ2n) is 6.30. The highest BCUT2D eigenvalue weighted by Crippen LogP contribution is 2.40. The van der Waals surface area contributed by atoms with Crippen molar-refractivity contribution in [3.05, 3.63) is 35.2 Å². The van der Waals surface area contributed by atoms with Crippen molar-refractivity contribution in [1.29, 1.82) is 0 Å². The zero-order valence-corrected chi connectivity index (χ0v) is 14.8. The second-order valence-corrected chi connectivity index (χ2v) is 8.44. The Morgan fingerprint density at radius 1 is 1.04 bits per heavy atom. The number of carbonyl (C=O) groups excluding carboxylic acids is 1. The van der Waals surface area contributed by atoms with Crippen molar-refractivity contribution in [2.75, 3.05) is 26.3 Å². The SMILES string of the molecule is O=C(c1cc2sc3ccccc3c2s1)N1CCC2(CC1)OCCO2. The Bertz CT molecular complexity index is 913. The lowest BCUT2D eigenvalue weighted by atomic mass is 10.0. The number of piperidine rings is 1. The number of rotatable bonds is 1. The normalized spacial score (nSPS) is 20.4. The van der Waals surface area contributed by atoms with Crippen LogP contribution in [0.15, 0.2) is 30.3 Å². The maximum absolute atomic E-state index is 12.9. The number of thiophene rings is 2. The summed E-state index contributed by atoms with van der Waals surface area (Å²) in [5, 5.41) is 1.26. The number of nitrogens with zero attached hydrogens (tertiary/aromatic N) is 1. The maximum atomic E-state index is 12.9. The fourth-order valence-corrected chi connectivity index (χ4v) is 6.09. The van der Waals surface area contributed by atoms with Gasteiger partial charge < -0.3 is 14.4 Å². The van der Waals surface area contributed by atoms with Gasteiger partial charge in [0.1, 0.15) is 0 Å². The Morgan fingerprint density at radius 2 is 1.79 bits per heavy atom. The molecule has 0 saturated carbocycles. The summed E-state index contributed by atoms with van der Waals surface area (Å²) >= 11 is 3.38. The summed E-state index contributed by atoms with van der Waals surface area (Å²) in [6.45, 7) is 2.74. The van der Waals surface area contributed by atoms with Gasteiger partial charge in [0.15, 0.2) is 5.79 Å².